The third-order valence-corrected chi connectivity index (χ3v) is 1.77. The van der Waals surface area contributed by atoms with E-state index in [9.17, 15) is 0 Å². The van der Waals surface area contributed by atoms with Gasteiger partial charge in [-0.15, -0.1) is 0 Å². The Balaban J connectivity index is 2.66. The number of aliphatic imine (C=N–C) groups is 1. The predicted octanol–water partition coefficient (Wildman–Crippen LogP) is 0.0845. The van der Waals surface area contributed by atoms with Crippen LogP contribution >= 0.6 is 22.6 Å². The maximum atomic E-state index is 5.57. The highest BCUT2D eigenvalue weighted by molar-refractivity contribution is 14.1. The van der Waals surface area contributed by atoms with E-state index in [0.717, 1.165) is 0 Å². The summed E-state index contributed by atoms with van der Waals surface area (Å²) in [6.45, 7) is 0. The maximum absolute atomic E-state index is 5.57. The molecule has 5 nitrogen and oxygen atoms in total. The first kappa shape index (κ1) is 6.77. The van der Waals surface area contributed by atoms with Crippen molar-refractivity contribution in [3.63, 3.8) is 0 Å². The average Bonchev–Trinajstić information content (AvgIpc) is 2.34. The number of hydrogen-bond donors (Lipinski definition) is 2. The van der Waals surface area contributed by atoms with Crippen LogP contribution in [-0.4, -0.2) is 16.3 Å². The summed E-state index contributed by atoms with van der Waals surface area (Å²) in [5.41, 5.74) is 6.27. The fourth-order valence-electron chi connectivity index (χ4n) is 0.828. The Morgan fingerprint density at radius 1 is 1.55 bits per heavy atom. The number of nitrogens with one attached hydrogen (secondary N) is 1. The van der Waals surface area contributed by atoms with Gasteiger partial charge in [-0.25, -0.2) is 0 Å². The van der Waals surface area contributed by atoms with Gasteiger partial charge in [0.2, 0.25) is 12.0 Å². The molecule has 1 aromatic rings. The normalized spacial score (nSPS) is 12.8. The zero-order valence-electron chi connectivity index (χ0n) is 5.37. The molecule has 55 valence electrons. The molecule has 1 aromatic heterocycles. The lowest BCUT2D eigenvalue weighted by molar-refractivity contribution is 1.10. The molecule has 0 saturated carbocycles. The largest absolute Gasteiger partial charge is 0.380 e. The van der Waals surface area contributed by atoms with Crippen LogP contribution in [0.25, 0.3) is 0 Å². The molecule has 1 aliphatic rings. The number of rotatable bonds is 0. The Kier molecular flexibility index (Phi) is 1.41. The van der Waals surface area contributed by atoms with Crippen molar-refractivity contribution in [1.82, 2.24) is 15.0 Å². The van der Waals surface area contributed by atoms with Crippen LogP contribution in [0.1, 0.15) is 0 Å². The summed E-state index contributed by atoms with van der Waals surface area (Å²) >= 11 is 1.99. The molecule has 1 radical (unpaired) electrons. The minimum atomic E-state index is 0.442. The summed E-state index contributed by atoms with van der Waals surface area (Å²) in [6.07, 6.45) is 1.55. The molecule has 2 heterocycles. The van der Waals surface area contributed by atoms with Gasteiger partial charge in [0.05, 0.1) is 0 Å². The lowest BCUT2D eigenvalue weighted by atomic mass is 10.4. The highest BCUT2D eigenvalue weighted by Crippen LogP contribution is 2.26. The molecule has 0 saturated heterocycles. The maximum Gasteiger partial charge on any atom is 0.342 e. The van der Waals surface area contributed by atoms with Crippen molar-refractivity contribution >= 4 is 46.3 Å². The predicted molar refractivity (Wildman–Crippen MR) is 50.6 cm³/mol. The van der Waals surface area contributed by atoms with Crippen LogP contribution in [0.15, 0.2) is 0 Å². The first-order valence-corrected chi connectivity index (χ1v) is 3.97. The van der Waals surface area contributed by atoms with Gasteiger partial charge in [0.1, 0.15) is 0 Å². The second-order valence-electron chi connectivity index (χ2n) is 1.98. The van der Waals surface area contributed by atoms with E-state index >= 15 is 0 Å². The fourth-order valence-corrected chi connectivity index (χ4v) is 1.32. The van der Waals surface area contributed by atoms with Crippen LogP contribution in [0.5, 0.6) is 0 Å². The quantitative estimate of drug-likeness (QED) is 0.512. The van der Waals surface area contributed by atoms with Crippen LogP contribution in [0.3, 0.4) is 0 Å². The number of hydrogen-bond acceptors (Lipinski definition) is 5. The fraction of sp³-hybridized carbons (Fsp3) is 0. The van der Waals surface area contributed by atoms with Gasteiger partial charge in [-0.3, -0.25) is 5.32 Å². The van der Waals surface area contributed by atoms with Gasteiger partial charge < -0.3 is 5.73 Å². The number of nitrogen functional groups attached to an aromatic ring is 1. The van der Waals surface area contributed by atoms with Crippen molar-refractivity contribution in [2.24, 2.45) is 0 Å². The first-order valence-electron chi connectivity index (χ1n) is 2.89. The standard InChI is InChI=1S/C5H4IN5/c6-5-10-3(7)2-4(11-5)9-1-8-2/h1,8H,(H2,7,10,11)/q+1. The molecule has 0 bridgehead atoms. The van der Waals surface area contributed by atoms with E-state index in [4.69, 9.17) is 5.73 Å². The molecule has 0 spiro atoms. The molecule has 11 heavy (non-hydrogen) atoms. The highest BCUT2D eigenvalue weighted by Gasteiger charge is 2.22. The lowest BCUT2D eigenvalue weighted by Gasteiger charge is -1.93. The number of anilines is 2. The number of aromatic nitrogens is 2. The van der Waals surface area contributed by atoms with Gasteiger partial charge in [0.15, 0.2) is 5.82 Å². The zero-order chi connectivity index (χ0) is 7.84. The van der Waals surface area contributed by atoms with Crippen molar-refractivity contribution in [3.05, 3.63) is 3.83 Å². The monoisotopic (exact) mass is 261 g/mol. The topological polar surface area (TPSA) is 77.9 Å². The summed E-state index contributed by atoms with van der Waals surface area (Å²) < 4.78 is 0.611. The van der Waals surface area contributed by atoms with Crippen LogP contribution in [0.2, 0.25) is 0 Å². The van der Waals surface area contributed by atoms with Crippen LogP contribution in [-0.2, 0) is 0 Å². The molecular formula is C5H4IN5+. The molecular weight excluding hydrogens is 257 g/mol. The van der Waals surface area contributed by atoms with E-state index in [-0.39, 0.29) is 0 Å². The van der Waals surface area contributed by atoms with Crippen molar-refractivity contribution in [3.8, 4) is 0 Å². The minimum Gasteiger partial charge on any atom is -0.380 e. The van der Waals surface area contributed by atoms with Crippen molar-refractivity contribution in [2.75, 3.05) is 11.1 Å². The van der Waals surface area contributed by atoms with Crippen LogP contribution < -0.4 is 16.0 Å². The Labute approximate surface area is 76.3 Å². The molecule has 0 atom stereocenters. The van der Waals surface area contributed by atoms with Crippen LogP contribution in [0.4, 0.5) is 17.3 Å². The molecule has 3 N–H and O–H groups in total. The summed E-state index contributed by atoms with van der Waals surface area (Å²) in [5, 5.41) is 2.85. The Hall–Kier alpha value is -0.920. The van der Waals surface area contributed by atoms with Crippen molar-refractivity contribution < 1.29 is 0 Å². The first-order chi connectivity index (χ1) is 5.27. The van der Waals surface area contributed by atoms with E-state index in [0.29, 0.717) is 21.2 Å². The Bertz CT molecular complexity index is 334. The Morgan fingerprint density at radius 3 is 3.18 bits per heavy atom. The second-order valence-corrected chi connectivity index (χ2v) is 2.94. The lowest BCUT2D eigenvalue weighted by Crippen LogP contribution is -2.00. The van der Waals surface area contributed by atoms with Gasteiger partial charge in [-0.1, -0.05) is 9.98 Å². The summed E-state index contributed by atoms with van der Waals surface area (Å²) in [7, 11) is 0. The van der Waals surface area contributed by atoms with Crippen molar-refractivity contribution in [2.45, 2.75) is 0 Å². The van der Waals surface area contributed by atoms with Crippen molar-refractivity contribution in [1.29, 1.82) is 0 Å². The van der Waals surface area contributed by atoms with Gasteiger partial charge in [-0.2, -0.15) is 4.98 Å². The molecule has 0 unspecified atom stereocenters. The number of halogens is 1. The molecule has 0 amide bonds. The van der Waals surface area contributed by atoms with E-state index in [1.54, 1.807) is 6.34 Å². The van der Waals surface area contributed by atoms with Crippen LogP contribution in [0, 0.1) is 3.83 Å². The third kappa shape index (κ3) is 1.02. The van der Waals surface area contributed by atoms with Gasteiger partial charge in [0, 0.05) is 22.6 Å². The Morgan fingerprint density at radius 2 is 2.36 bits per heavy atom. The van der Waals surface area contributed by atoms with Gasteiger partial charge in [0.25, 0.3) is 3.83 Å². The minimum absolute atomic E-state index is 0.442. The molecule has 0 aromatic carbocycles. The van der Waals surface area contributed by atoms with E-state index in [1.165, 1.54) is 0 Å². The second kappa shape index (κ2) is 2.29. The average molecular weight is 261 g/mol. The summed E-state index contributed by atoms with van der Waals surface area (Å²) in [6, 6.07) is 0. The molecule has 6 heteroatoms. The van der Waals surface area contributed by atoms with Gasteiger partial charge >= 0.3 is 5.82 Å². The molecule has 0 fully saturated rings. The molecule has 0 aliphatic carbocycles. The summed E-state index contributed by atoms with van der Waals surface area (Å²) in [4.78, 5) is 12.0. The number of nitrogens with two attached hydrogens (primary N) is 1. The molecule has 1 aliphatic heterocycles. The summed E-state index contributed by atoms with van der Waals surface area (Å²) in [5.74, 6) is 1.05. The zero-order valence-corrected chi connectivity index (χ0v) is 7.53. The smallest absolute Gasteiger partial charge is 0.342 e. The molecule has 2 rings (SSSR count). The third-order valence-electron chi connectivity index (χ3n) is 1.29. The number of nitrogens with zero attached hydrogens (tertiary/aromatic N) is 3. The van der Waals surface area contributed by atoms with E-state index < -0.39 is 0 Å². The highest BCUT2D eigenvalue weighted by atomic mass is 127. The number of fused-ring (bicyclic) bond motifs is 1. The van der Waals surface area contributed by atoms with E-state index in [2.05, 4.69) is 20.3 Å². The SMILES string of the molecule is Nc1nc(I)nc2c1NC=[N+]2. The van der Waals surface area contributed by atoms with Gasteiger partial charge in [-0.05, 0) is 0 Å². The van der Waals surface area contributed by atoms with E-state index in [1.807, 2.05) is 22.6 Å².